The van der Waals surface area contributed by atoms with Crippen molar-refractivity contribution in [2.45, 2.75) is 25.0 Å². The Hall–Kier alpha value is -1.46. The molecule has 3 atom stereocenters. The van der Waals surface area contributed by atoms with Gasteiger partial charge in [-0.05, 0) is 12.1 Å². The summed E-state index contributed by atoms with van der Waals surface area (Å²) < 4.78 is 28.4. The van der Waals surface area contributed by atoms with Crippen molar-refractivity contribution in [3.63, 3.8) is 0 Å². The summed E-state index contributed by atoms with van der Waals surface area (Å²) in [5.74, 6) is -0.435. The van der Waals surface area contributed by atoms with Crippen LogP contribution in [0, 0.1) is 0 Å². The third kappa shape index (κ3) is 3.05. The van der Waals surface area contributed by atoms with Gasteiger partial charge < -0.3 is 14.2 Å². The molecular weight excluding hydrogens is 239 g/mol. The Bertz CT molecular complexity index is 395. The maximum Gasteiger partial charge on any atom is 0.338 e. The molecule has 0 radical (unpaired) electrons. The number of ether oxygens (including phenoxy) is 3. The highest BCUT2D eigenvalue weighted by Gasteiger charge is 2.36. The number of hydrogen-bond donors (Lipinski definition) is 0. The molecule has 0 unspecified atom stereocenters. The number of methoxy groups -OCH3 is 1. The molecule has 5 heteroatoms. The van der Waals surface area contributed by atoms with Crippen molar-refractivity contribution in [3.05, 3.63) is 35.9 Å². The van der Waals surface area contributed by atoms with E-state index in [-0.39, 0.29) is 13.0 Å². The van der Waals surface area contributed by atoms with Crippen molar-refractivity contribution in [1.29, 1.82) is 0 Å². The lowest BCUT2D eigenvalue weighted by atomic mass is 10.2. The molecule has 1 saturated heterocycles. The van der Waals surface area contributed by atoms with Gasteiger partial charge in [-0.1, -0.05) is 18.2 Å². The maximum atomic E-state index is 13.3. The zero-order valence-electron chi connectivity index (χ0n) is 10.0. The van der Waals surface area contributed by atoms with Gasteiger partial charge in [0.2, 0.25) is 0 Å². The quantitative estimate of drug-likeness (QED) is 0.770. The van der Waals surface area contributed by atoms with Gasteiger partial charge in [-0.2, -0.15) is 0 Å². The monoisotopic (exact) mass is 254 g/mol. The summed E-state index contributed by atoms with van der Waals surface area (Å²) in [4.78, 5) is 11.6. The Balaban J connectivity index is 1.81. The molecule has 1 aliphatic heterocycles. The second-order valence-electron chi connectivity index (χ2n) is 4.08. The molecule has 1 fully saturated rings. The van der Waals surface area contributed by atoms with Crippen molar-refractivity contribution in [2.24, 2.45) is 0 Å². The molecule has 1 heterocycles. The Morgan fingerprint density at radius 1 is 1.44 bits per heavy atom. The molecule has 0 aliphatic carbocycles. The zero-order valence-corrected chi connectivity index (χ0v) is 10.0. The molecule has 0 aromatic heterocycles. The van der Waals surface area contributed by atoms with E-state index in [1.165, 1.54) is 7.11 Å². The first kappa shape index (κ1) is 13.0. The fraction of sp³-hybridized carbons (Fsp3) is 0.462. The second-order valence-corrected chi connectivity index (χ2v) is 4.08. The largest absolute Gasteiger partial charge is 0.459 e. The van der Waals surface area contributed by atoms with Crippen LogP contribution in [-0.4, -0.2) is 38.3 Å². The number of hydrogen-bond acceptors (Lipinski definition) is 4. The first-order chi connectivity index (χ1) is 8.70. The number of esters is 1. The Morgan fingerprint density at radius 3 is 2.78 bits per heavy atom. The number of halogens is 1. The van der Waals surface area contributed by atoms with Crippen LogP contribution < -0.4 is 0 Å². The van der Waals surface area contributed by atoms with E-state index in [2.05, 4.69) is 0 Å². The lowest BCUT2D eigenvalue weighted by Crippen LogP contribution is -2.21. The van der Waals surface area contributed by atoms with Gasteiger partial charge in [0, 0.05) is 13.5 Å². The van der Waals surface area contributed by atoms with Gasteiger partial charge in [-0.15, -0.1) is 0 Å². The fourth-order valence-electron chi connectivity index (χ4n) is 1.83. The first-order valence-corrected chi connectivity index (χ1v) is 5.75. The predicted octanol–water partition coefficient (Wildman–Crippen LogP) is 1.94. The van der Waals surface area contributed by atoms with Crippen LogP contribution >= 0.6 is 0 Å². The molecule has 18 heavy (non-hydrogen) atoms. The van der Waals surface area contributed by atoms with Gasteiger partial charge in [-0.3, -0.25) is 0 Å². The van der Waals surface area contributed by atoms with Crippen LogP contribution in [0.3, 0.4) is 0 Å². The SMILES string of the molecule is CO[C@H]1O[C@@H](COC(=O)c2ccccc2)C[C@H]1F. The van der Waals surface area contributed by atoms with Crippen molar-refractivity contribution in [2.75, 3.05) is 13.7 Å². The Morgan fingerprint density at radius 2 is 2.17 bits per heavy atom. The average Bonchev–Trinajstić information content (AvgIpc) is 2.77. The maximum absolute atomic E-state index is 13.3. The van der Waals surface area contributed by atoms with Crippen LogP contribution in [0.1, 0.15) is 16.8 Å². The minimum Gasteiger partial charge on any atom is -0.459 e. The molecule has 1 aromatic rings. The molecule has 0 bridgehead atoms. The summed E-state index contributed by atoms with van der Waals surface area (Å²) in [5.41, 5.74) is 0.468. The van der Waals surface area contributed by atoms with E-state index in [1.807, 2.05) is 6.07 Å². The van der Waals surface area contributed by atoms with E-state index in [9.17, 15) is 9.18 Å². The minimum atomic E-state index is -1.17. The van der Waals surface area contributed by atoms with Gasteiger partial charge in [0.1, 0.15) is 6.61 Å². The molecule has 98 valence electrons. The van der Waals surface area contributed by atoms with Crippen LogP contribution in [0.4, 0.5) is 4.39 Å². The third-order valence-electron chi connectivity index (χ3n) is 2.75. The van der Waals surface area contributed by atoms with E-state index < -0.39 is 24.5 Å². The molecule has 2 rings (SSSR count). The summed E-state index contributed by atoms with van der Waals surface area (Å²) >= 11 is 0. The van der Waals surface area contributed by atoms with E-state index in [0.717, 1.165) is 0 Å². The van der Waals surface area contributed by atoms with E-state index in [0.29, 0.717) is 5.56 Å². The first-order valence-electron chi connectivity index (χ1n) is 5.75. The highest BCUT2D eigenvalue weighted by atomic mass is 19.1. The molecule has 0 amide bonds. The molecule has 0 N–H and O–H groups in total. The highest BCUT2D eigenvalue weighted by molar-refractivity contribution is 5.89. The van der Waals surface area contributed by atoms with Gasteiger partial charge in [-0.25, -0.2) is 9.18 Å². The molecular formula is C13H15FO4. The van der Waals surface area contributed by atoms with E-state index >= 15 is 0 Å². The van der Waals surface area contributed by atoms with Crippen LogP contribution in [-0.2, 0) is 14.2 Å². The predicted molar refractivity (Wildman–Crippen MR) is 61.9 cm³/mol. The number of alkyl halides is 1. The molecule has 0 saturated carbocycles. The zero-order chi connectivity index (χ0) is 13.0. The molecule has 1 aliphatic rings. The normalized spacial score (nSPS) is 27.1. The van der Waals surface area contributed by atoms with Gasteiger partial charge in [0.25, 0.3) is 0 Å². The molecule has 4 nitrogen and oxygen atoms in total. The fourth-order valence-corrected chi connectivity index (χ4v) is 1.83. The Labute approximate surface area is 105 Å². The number of carbonyl (C=O) groups excluding carboxylic acids is 1. The summed E-state index contributed by atoms with van der Waals surface area (Å²) in [5, 5.41) is 0. The van der Waals surface area contributed by atoms with Crippen molar-refractivity contribution in [1.82, 2.24) is 0 Å². The van der Waals surface area contributed by atoms with Crippen LogP contribution in [0.15, 0.2) is 30.3 Å². The number of carbonyl (C=O) groups is 1. The summed E-state index contributed by atoms with van der Waals surface area (Å²) in [6.45, 7) is 0.0357. The van der Waals surface area contributed by atoms with Crippen molar-refractivity contribution < 1.29 is 23.4 Å². The van der Waals surface area contributed by atoms with E-state index in [4.69, 9.17) is 14.2 Å². The van der Waals surface area contributed by atoms with Gasteiger partial charge >= 0.3 is 5.97 Å². The van der Waals surface area contributed by atoms with Crippen molar-refractivity contribution >= 4 is 5.97 Å². The van der Waals surface area contributed by atoms with Gasteiger partial charge in [0.05, 0.1) is 11.7 Å². The van der Waals surface area contributed by atoms with Crippen LogP contribution in [0.25, 0.3) is 0 Å². The van der Waals surface area contributed by atoms with E-state index in [1.54, 1.807) is 24.3 Å². The van der Waals surface area contributed by atoms with Crippen LogP contribution in [0.2, 0.25) is 0 Å². The Kier molecular flexibility index (Phi) is 4.28. The lowest BCUT2D eigenvalue weighted by molar-refractivity contribution is -0.141. The standard InChI is InChI=1S/C13H15FO4/c1-16-13-11(14)7-10(18-13)8-17-12(15)9-5-3-2-4-6-9/h2-6,10-11,13H,7-8H2,1H3/t10-,11-,13+/m1/s1. The second kappa shape index (κ2) is 5.93. The lowest BCUT2D eigenvalue weighted by Gasteiger charge is -2.12. The third-order valence-corrected chi connectivity index (χ3v) is 2.75. The highest BCUT2D eigenvalue weighted by Crippen LogP contribution is 2.24. The summed E-state index contributed by atoms with van der Waals surface area (Å²) in [6, 6.07) is 8.64. The summed E-state index contributed by atoms with van der Waals surface area (Å²) in [7, 11) is 1.38. The van der Waals surface area contributed by atoms with Crippen LogP contribution in [0.5, 0.6) is 0 Å². The minimum absolute atomic E-state index is 0.0357. The van der Waals surface area contributed by atoms with Gasteiger partial charge in [0.15, 0.2) is 12.5 Å². The summed E-state index contributed by atoms with van der Waals surface area (Å²) in [6.07, 6.45) is -2.29. The number of rotatable bonds is 4. The molecule has 1 aromatic carbocycles. The van der Waals surface area contributed by atoms with Crippen molar-refractivity contribution in [3.8, 4) is 0 Å². The molecule has 0 spiro atoms. The smallest absolute Gasteiger partial charge is 0.338 e. The average molecular weight is 254 g/mol. The topological polar surface area (TPSA) is 44.8 Å². The number of benzene rings is 1.